The molecule has 0 amide bonds. The van der Waals surface area contributed by atoms with E-state index in [9.17, 15) is 0 Å². The summed E-state index contributed by atoms with van der Waals surface area (Å²) in [6.07, 6.45) is 9.45. The van der Waals surface area contributed by atoms with E-state index in [2.05, 4.69) is 83.4 Å². The van der Waals surface area contributed by atoms with Crippen molar-refractivity contribution in [3.8, 4) is 5.75 Å². The number of ether oxygens (including phenoxy) is 3. The van der Waals surface area contributed by atoms with Crippen molar-refractivity contribution in [2.75, 3.05) is 27.3 Å². The summed E-state index contributed by atoms with van der Waals surface area (Å²) in [5, 5.41) is 7.29. The first-order valence-corrected chi connectivity index (χ1v) is 16.1. The summed E-state index contributed by atoms with van der Waals surface area (Å²) in [6.45, 7) is 9.08. The Bertz CT molecular complexity index is 1220. The molecule has 1 saturated heterocycles. The average molecular weight is 559 g/mol. The number of rotatable bonds is 9. The summed E-state index contributed by atoms with van der Waals surface area (Å²) in [4.78, 5) is 0. The Morgan fingerprint density at radius 3 is 2.54 bits per heavy atom. The topological polar surface area (TPSA) is 43.3 Å². The van der Waals surface area contributed by atoms with Crippen molar-refractivity contribution in [1.82, 2.24) is 5.01 Å². The smallest absolute Gasteiger partial charge is 0.165 e. The van der Waals surface area contributed by atoms with Crippen LogP contribution in [-0.2, 0) is 22.5 Å². The average Bonchev–Trinajstić information content (AvgIpc) is 3.52. The Hall–Kier alpha value is -2.37. The van der Waals surface area contributed by atoms with Crippen LogP contribution in [0.4, 0.5) is 0 Å². The molecular weight excluding hydrogens is 508 g/mol. The first-order chi connectivity index (χ1) is 19.8. The second-order valence-corrected chi connectivity index (χ2v) is 13.8. The Balaban J connectivity index is 1.27. The SMILES string of the molecule is CCC[C@@H]1Cc2cc(OCc3ccccc3)ccc2C2CC[C@]3(C)C(=NN(C)C)[C@H](CCC4(C)OCCO4)CC3C21. The van der Waals surface area contributed by atoms with Gasteiger partial charge in [-0.25, -0.2) is 0 Å². The van der Waals surface area contributed by atoms with Gasteiger partial charge in [0.2, 0.25) is 0 Å². The number of fused-ring (bicyclic) bond motifs is 5. The molecule has 6 atom stereocenters. The molecule has 1 aliphatic heterocycles. The second-order valence-electron chi connectivity index (χ2n) is 13.8. The van der Waals surface area contributed by atoms with E-state index in [-0.39, 0.29) is 5.41 Å². The molecule has 0 radical (unpaired) electrons. The van der Waals surface area contributed by atoms with Crippen molar-refractivity contribution in [2.45, 2.75) is 90.4 Å². The summed E-state index contributed by atoms with van der Waals surface area (Å²) in [6, 6.07) is 17.5. The zero-order valence-corrected chi connectivity index (χ0v) is 25.9. The summed E-state index contributed by atoms with van der Waals surface area (Å²) in [5.41, 5.74) is 5.94. The minimum Gasteiger partial charge on any atom is -0.489 e. The van der Waals surface area contributed by atoms with Gasteiger partial charge in [0, 0.05) is 37.6 Å². The molecule has 0 bridgehead atoms. The highest BCUT2D eigenvalue weighted by molar-refractivity contribution is 5.94. The van der Waals surface area contributed by atoms with Gasteiger partial charge in [-0.3, -0.25) is 0 Å². The minimum atomic E-state index is -0.435. The lowest BCUT2D eigenvalue weighted by Gasteiger charge is -2.52. The fourth-order valence-corrected chi connectivity index (χ4v) is 9.02. The Morgan fingerprint density at radius 2 is 1.80 bits per heavy atom. The number of hydrogen-bond acceptors (Lipinski definition) is 5. The highest BCUT2D eigenvalue weighted by atomic mass is 16.7. The predicted molar refractivity (Wildman–Crippen MR) is 165 cm³/mol. The number of nitrogens with zero attached hydrogens (tertiary/aromatic N) is 2. The largest absolute Gasteiger partial charge is 0.489 e. The van der Waals surface area contributed by atoms with Crippen molar-refractivity contribution < 1.29 is 14.2 Å². The Morgan fingerprint density at radius 1 is 1.02 bits per heavy atom. The van der Waals surface area contributed by atoms with E-state index >= 15 is 0 Å². The summed E-state index contributed by atoms with van der Waals surface area (Å²) >= 11 is 0. The summed E-state index contributed by atoms with van der Waals surface area (Å²) in [7, 11) is 4.18. The lowest BCUT2D eigenvalue weighted by molar-refractivity contribution is -0.148. The van der Waals surface area contributed by atoms with Crippen LogP contribution in [0.5, 0.6) is 5.75 Å². The van der Waals surface area contributed by atoms with Crippen molar-refractivity contribution >= 4 is 5.71 Å². The third kappa shape index (κ3) is 5.69. The van der Waals surface area contributed by atoms with Crippen LogP contribution in [-0.4, -0.2) is 43.8 Å². The number of hydrazone groups is 1. The fraction of sp³-hybridized carbons (Fsp3) is 0.639. The molecule has 0 spiro atoms. The third-order valence-corrected chi connectivity index (χ3v) is 10.8. The molecule has 2 saturated carbocycles. The number of hydrogen-bond donors (Lipinski definition) is 0. The van der Waals surface area contributed by atoms with Crippen LogP contribution in [0.15, 0.2) is 53.6 Å². The third-order valence-electron chi connectivity index (χ3n) is 10.8. The Labute approximate surface area is 247 Å². The van der Waals surface area contributed by atoms with Crippen LogP contribution < -0.4 is 4.74 Å². The lowest BCUT2D eigenvalue weighted by Crippen LogP contribution is -2.46. The molecule has 3 unspecified atom stereocenters. The zero-order chi connectivity index (χ0) is 28.6. The van der Waals surface area contributed by atoms with E-state index in [1.165, 1.54) is 55.4 Å². The maximum Gasteiger partial charge on any atom is 0.165 e. The Kier molecular flexibility index (Phi) is 8.22. The predicted octanol–water partition coefficient (Wildman–Crippen LogP) is 7.83. The van der Waals surface area contributed by atoms with Crippen LogP contribution in [0.3, 0.4) is 0 Å². The first kappa shape index (κ1) is 28.7. The molecule has 5 nitrogen and oxygen atoms in total. The molecule has 5 heteroatoms. The van der Waals surface area contributed by atoms with E-state index in [1.54, 1.807) is 5.56 Å². The molecule has 2 aromatic rings. The van der Waals surface area contributed by atoms with Crippen LogP contribution >= 0.6 is 0 Å². The normalized spacial score (nSPS) is 32.8. The van der Waals surface area contributed by atoms with Crippen molar-refractivity contribution in [3.63, 3.8) is 0 Å². The van der Waals surface area contributed by atoms with E-state index in [0.717, 1.165) is 18.6 Å². The molecule has 3 aliphatic carbocycles. The maximum absolute atomic E-state index is 6.28. The number of benzene rings is 2. The van der Waals surface area contributed by atoms with Crippen LogP contribution in [0.1, 0.15) is 88.3 Å². The molecule has 6 rings (SSSR count). The van der Waals surface area contributed by atoms with Gasteiger partial charge >= 0.3 is 0 Å². The summed E-state index contributed by atoms with van der Waals surface area (Å²) < 4.78 is 18.3. The van der Waals surface area contributed by atoms with E-state index in [1.807, 2.05) is 5.01 Å². The summed E-state index contributed by atoms with van der Waals surface area (Å²) in [5.74, 6) is 3.79. The molecule has 1 heterocycles. The van der Waals surface area contributed by atoms with Crippen molar-refractivity contribution in [3.05, 3.63) is 65.2 Å². The highest BCUT2D eigenvalue weighted by Crippen LogP contribution is 2.63. The van der Waals surface area contributed by atoms with Crippen molar-refractivity contribution in [2.24, 2.45) is 34.2 Å². The lowest BCUT2D eigenvalue weighted by atomic mass is 9.52. The van der Waals surface area contributed by atoms with Gasteiger partial charge in [0.15, 0.2) is 5.79 Å². The van der Waals surface area contributed by atoms with Gasteiger partial charge in [-0.1, -0.05) is 63.1 Å². The van der Waals surface area contributed by atoms with Crippen molar-refractivity contribution in [1.29, 1.82) is 0 Å². The zero-order valence-electron chi connectivity index (χ0n) is 25.9. The molecule has 4 aliphatic rings. The molecule has 0 aromatic heterocycles. The minimum absolute atomic E-state index is 0.163. The maximum atomic E-state index is 6.28. The molecule has 3 fully saturated rings. The molecule has 222 valence electrons. The molecule has 41 heavy (non-hydrogen) atoms. The van der Waals surface area contributed by atoms with Gasteiger partial charge < -0.3 is 19.2 Å². The van der Waals surface area contributed by atoms with Gasteiger partial charge in [0.1, 0.15) is 12.4 Å². The van der Waals surface area contributed by atoms with Crippen LogP contribution in [0, 0.1) is 29.1 Å². The standard InChI is InChI=1S/C36H50N2O3/c1-6-10-26-21-28-22-29(39-24-25-11-8-7-9-12-25)13-14-30(28)31-16-17-35(2)32(33(26)31)23-27(34(35)37-38(4)5)15-18-36(3)40-19-20-41-36/h7-9,11-14,22,26-27,31-33H,6,10,15-21,23-24H2,1-5H3/t26-,27-,31?,32?,33?,35+/m1/s1. The van der Waals surface area contributed by atoms with E-state index in [4.69, 9.17) is 19.3 Å². The molecule has 2 aromatic carbocycles. The fourth-order valence-electron chi connectivity index (χ4n) is 9.02. The second kappa shape index (κ2) is 11.7. The van der Waals surface area contributed by atoms with Gasteiger partial charge in [-0.15, -0.1) is 0 Å². The first-order valence-electron chi connectivity index (χ1n) is 16.1. The van der Waals surface area contributed by atoms with E-state index < -0.39 is 5.79 Å². The van der Waals surface area contributed by atoms with Gasteiger partial charge in [0.25, 0.3) is 0 Å². The van der Waals surface area contributed by atoms with Gasteiger partial charge in [-0.05, 0) is 91.5 Å². The van der Waals surface area contributed by atoms with Crippen LogP contribution in [0.2, 0.25) is 0 Å². The monoisotopic (exact) mass is 558 g/mol. The van der Waals surface area contributed by atoms with Gasteiger partial charge in [-0.2, -0.15) is 5.10 Å². The molecule has 0 N–H and O–H groups in total. The van der Waals surface area contributed by atoms with E-state index in [0.29, 0.717) is 49.4 Å². The quantitative estimate of drug-likeness (QED) is 0.294. The van der Waals surface area contributed by atoms with Crippen LogP contribution in [0.25, 0.3) is 0 Å². The molecular formula is C36H50N2O3. The highest BCUT2D eigenvalue weighted by Gasteiger charge is 2.58. The van der Waals surface area contributed by atoms with Gasteiger partial charge in [0.05, 0.1) is 13.2 Å².